The number of halogens is 1. The van der Waals surface area contributed by atoms with Crippen molar-refractivity contribution in [2.75, 3.05) is 7.11 Å². The Balaban J connectivity index is 1.54. The Bertz CT molecular complexity index is 673. The van der Waals surface area contributed by atoms with Gasteiger partial charge in [0, 0.05) is 24.7 Å². The standard InChI is InChI=1S/C17H17FN2O2/c1-22-16-8-11(6-7-19-16)10-20-17(21)15-9-14(15)12-2-4-13(18)5-3-12/h2-8,14-15H,9-10H2,1H3,(H,20,21)/t14-,15+/m1/s1. The maximum absolute atomic E-state index is 12.9. The van der Waals surface area contributed by atoms with Gasteiger partial charge in [-0.2, -0.15) is 0 Å². The lowest BCUT2D eigenvalue weighted by Gasteiger charge is -2.06. The van der Waals surface area contributed by atoms with E-state index in [2.05, 4.69) is 10.3 Å². The molecule has 1 aliphatic carbocycles. The van der Waals surface area contributed by atoms with E-state index in [1.54, 1.807) is 31.5 Å². The lowest BCUT2D eigenvalue weighted by Crippen LogP contribution is -2.24. The molecule has 3 rings (SSSR count). The van der Waals surface area contributed by atoms with Crippen LogP contribution in [0.3, 0.4) is 0 Å². The molecule has 0 radical (unpaired) electrons. The van der Waals surface area contributed by atoms with Gasteiger partial charge in [0.1, 0.15) is 5.82 Å². The van der Waals surface area contributed by atoms with E-state index >= 15 is 0 Å². The highest BCUT2D eigenvalue weighted by Gasteiger charge is 2.43. The molecule has 1 aromatic heterocycles. The van der Waals surface area contributed by atoms with Crippen molar-refractivity contribution in [2.45, 2.75) is 18.9 Å². The minimum absolute atomic E-state index is 0.0193. The fraction of sp³-hybridized carbons (Fsp3) is 0.294. The molecule has 22 heavy (non-hydrogen) atoms. The summed E-state index contributed by atoms with van der Waals surface area (Å²) in [5, 5.41) is 2.93. The van der Waals surface area contributed by atoms with Crippen LogP contribution in [0.4, 0.5) is 4.39 Å². The summed E-state index contributed by atoms with van der Waals surface area (Å²) in [5.74, 6) is 0.492. The van der Waals surface area contributed by atoms with E-state index in [1.165, 1.54) is 12.1 Å². The summed E-state index contributed by atoms with van der Waals surface area (Å²) < 4.78 is 18.0. The van der Waals surface area contributed by atoms with Crippen LogP contribution in [0.1, 0.15) is 23.5 Å². The van der Waals surface area contributed by atoms with Gasteiger partial charge in [-0.15, -0.1) is 0 Å². The second-order valence-corrected chi connectivity index (χ2v) is 5.42. The summed E-state index contributed by atoms with van der Waals surface area (Å²) in [5.41, 5.74) is 1.96. The van der Waals surface area contributed by atoms with Gasteiger partial charge in [0.2, 0.25) is 11.8 Å². The lowest BCUT2D eigenvalue weighted by molar-refractivity contribution is -0.122. The van der Waals surface area contributed by atoms with Crippen LogP contribution >= 0.6 is 0 Å². The molecule has 0 spiro atoms. The Morgan fingerprint density at radius 1 is 1.36 bits per heavy atom. The first kappa shape index (κ1) is 14.5. The zero-order valence-electron chi connectivity index (χ0n) is 12.3. The quantitative estimate of drug-likeness (QED) is 0.923. The number of aromatic nitrogens is 1. The van der Waals surface area contributed by atoms with Crippen LogP contribution in [0.2, 0.25) is 0 Å². The summed E-state index contributed by atoms with van der Waals surface area (Å²) in [6, 6.07) is 10.0. The van der Waals surface area contributed by atoms with Crippen LogP contribution in [0.15, 0.2) is 42.6 Å². The van der Waals surface area contributed by atoms with E-state index in [0.717, 1.165) is 17.5 Å². The number of rotatable bonds is 5. The van der Waals surface area contributed by atoms with E-state index < -0.39 is 0 Å². The first-order valence-corrected chi connectivity index (χ1v) is 7.19. The normalized spacial score (nSPS) is 19.5. The number of ether oxygens (including phenoxy) is 1. The number of methoxy groups -OCH3 is 1. The van der Waals surface area contributed by atoms with Gasteiger partial charge in [-0.25, -0.2) is 9.37 Å². The molecule has 0 bridgehead atoms. The zero-order chi connectivity index (χ0) is 15.5. The van der Waals surface area contributed by atoms with Gasteiger partial charge in [-0.3, -0.25) is 4.79 Å². The third-order valence-corrected chi connectivity index (χ3v) is 3.90. The van der Waals surface area contributed by atoms with Gasteiger partial charge in [0.15, 0.2) is 0 Å². The molecule has 4 nitrogen and oxygen atoms in total. The van der Waals surface area contributed by atoms with Crippen molar-refractivity contribution < 1.29 is 13.9 Å². The minimum atomic E-state index is -0.253. The molecule has 1 aliphatic rings. The molecule has 1 N–H and O–H groups in total. The van der Waals surface area contributed by atoms with E-state index in [1.807, 2.05) is 6.07 Å². The summed E-state index contributed by atoms with van der Waals surface area (Å²) in [6.07, 6.45) is 2.47. The first-order valence-electron chi connectivity index (χ1n) is 7.19. The third kappa shape index (κ3) is 3.24. The number of benzene rings is 1. The summed E-state index contributed by atoms with van der Waals surface area (Å²) in [4.78, 5) is 16.2. The summed E-state index contributed by atoms with van der Waals surface area (Å²) in [7, 11) is 1.56. The Morgan fingerprint density at radius 3 is 2.86 bits per heavy atom. The Hall–Kier alpha value is -2.43. The number of pyridine rings is 1. The number of carbonyl (C=O) groups is 1. The Kier molecular flexibility index (Phi) is 4.04. The number of nitrogens with one attached hydrogen (secondary N) is 1. The van der Waals surface area contributed by atoms with E-state index in [0.29, 0.717) is 12.4 Å². The van der Waals surface area contributed by atoms with Crippen molar-refractivity contribution in [2.24, 2.45) is 5.92 Å². The highest BCUT2D eigenvalue weighted by molar-refractivity contribution is 5.82. The van der Waals surface area contributed by atoms with Gasteiger partial charge in [-0.1, -0.05) is 12.1 Å². The Morgan fingerprint density at radius 2 is 2.14 bits per heavy atom. The molecule has 2 atom stereocenters. The maximum Gasteiger partial charge on any atom is 0.224 e. The second-order valence-electron chi connectivity index (χ2n) is 5.42. The predicted octanol–water partition coefficient (Wildman–Crippen LogP) is 2.65. The molecule has 1 aromatic carbocycles. The van der Waals surface area contributed by atoms with E-state index in [-0.39, 0.29) is 23.6 Å². The molecule has 1 saturated carbocycles. The SMILES string of the molecule is COc1cc(CNC(=O)[C@H]2C[C@@H]2c2ccc(F)cc2)ccn1. The largest absolute Gasteiger partial charge is 0.481 e. The van der Waals surface area contributed by atoms with Crippen LogP contribution in [-0.4, -0.2) is 18.0 Å². The predicted molar refractivity (Wildman–Crippen MR) is 79.9 cm³/mol. The number of carbonyl (C=O) groups excluding carboxylic acids is 1. The summed E-state index contributed by atoms with van der Waals surface area (Å²) in [6.45, 7) is 0.449. The van der Waals surface area contributed by atoms with Crippen molar-refractivity contribution in [3.8, 4) is 5.88 Å². The Labute approximate surface area is 128 Å². The molecule has 1 heterocycles. The van der Waals surface area contributed by atoms with Gasteiger partial charge < -0.3 is 10.1 Å². The molecular weight excluding hydrogens is 283 g/mol. The number of amides is 1. The van der Waals surface area contributed by atoms with Crippen LogP contribution in [0.25, 0.3) is 0 Å². The molecule has 2 aromatic rings. The molecular formula is C17H17FN2O2. The van der Waals surface area contributed by atoms with Gasteiger partial charge in [0.05, 0.1) is 7.11 Å². The topological polar surface area (TPSA) is 51.2 Å². The first-order chi connectivity index (χ1) is 10.7. The highest BCUT2D eigenvalue weighted by atomic mass is 19.1. The average Bonchev–Trinajstić information content (AvgIpc) is 3.34. The van der Waals surface area contributed by atoms with Gasteiger partial charge >= 0.3 is 0 Å². The maximum atomic E-state index is 12.9. The molecule has 0 unspecified atom stereocenters. The van der Waals surface area contributed by atoms with Crippen molar-refractivity contribution >= 4 is 5.91 Å². The van der Waals surface area contributed by atoms with Crippen molar-refractivity contribution in [3.63, 3.8) is 0 Å². The number of hydrogen-bond acceptors (Lipinski definition) is 3. The van der Waals surface area contributed by atoms with Crippen LogP contribution in [0, 0.1) is 11.7 Å². The molecule has 114 valence electrons. The van der Waals surface area contributed by atoms with Crippen molar-refractivity contribution in [3.05, 3.63) is 59.5 Å². The smallest absolute Gasteiger partial charge is 0.224 e. The fourth-order valence-corrected chi connectivity index (χ4v) is 2.56. The summed E-state index contributed by atoms with van der Waals surface area (Å²) >= 11 is 0. The van der Waals surface area contributed by atoms with Crippen LogP contribution in [-0.2, 0) is 11.3 Å². The molecule has 5 heteroatoms. The minimum Gasteiger partial charge on any atom is -0.481 e. The molecule has 0 saturated heterocycles. The fourth-order valence-electron chi connectivity index (χ4n) is 2.56. The lowest BCUT2D eigenvalue weighted by atomic mass is 10.1. The zero-order valence-corrected chi connectivity index (χ0v) is 12.3. The number of nitrogens with zero attached hydrogens (tertiary/aromatic N) is 1. The molecule has 1 fully saturated rings. The molecule has 1 amide bonds. The van der Waals surface area contributed by atoms with Crippen molar-refractivity contribution in [1.82, 2.24) is 10.3 Å². The monoisotopic (exact) mass is 300 g/mol. The number of hydrogen-bond donors (Lipinski definition) is 1. The van der Waals surface area contributed by atoms with Crippen LogP contribution in [0.5, 0.6) is 5.88 Å². The van der Waals surface area contributed by atoms with E-state index in [9.17, 15) is 9.18 Å². The second kappa shape index (κ2) is 6.13. The average molecular weight is 300 g/mol. The van der Waals surface area contributed by atoms with E-state index in [4.69, 9.17) is 4.74 Å². The highest BCUT2D eigenvalue weighted by Crippen LogP contribution is 2.47. The van der Waals surface area contributed by atoms with Crippen molar-refractivity contribution in [1.29, 1.82) is 0 Å². The van der Waals surface area contributed by atoms with Crippen LogP contribution < -0.4 is 10.1 Å². The van der Waals surface area contributed by atoms with Gasteiger partial charge in [-0.05, 0) is 41.7 Å². The third-order valence-electron chi connectivity index (χ3n) is 3.90. The molecule has 0 aliphatic heterocycles. The van der Waals surface area contributed by atoms with Gasteiger partial charge in [0.25, 0.3) is 0 Å².